The van der Waals surface area contributed by atoms with Gasteiger partial charge in [0.1, 0.15) is 5.65 Å². The molecule has 3 aromatic rings. The fraction of sp³-hybridized carbons (Fsp3) is 0.353. The van der Waals surface area contributed by atoms with Crippen LogP contribution in [0.4, 0.5) is 16.6 Å². The number of anilines is 2. The summed E-state index contributed by atoms with van der Waals surface area (Å²) < 4.78 is 1.21. The molecule has 0 bridgehead atoms. The summed E-state index contributed by atoms with van der Waals surface area (Å²) in [4.78, 5) is 37.7. The summed E-state index contributed by atoms with van der Waals surface area (Å²) >= 11 is 1.65. The molecule has 0 N–H and O–H groups in total. The second kappa shape index (κ2) is 6.62. The Kier molecular flexibility index (Phi) is 4.27. The van der Waals surface area contributed by atoms with Crippen LogP contribution in [0, 0.1) is 24.0 Å². The molecule has 4 rings (SSSR count). The minimum absolute atomic E-state index is 0.141. The Hall–Kier alpha value is -3.01. The van der Waals surface area contributed by atoms with Crippen LogP contribution in [-0.4, -0.2) is 45.5 Å². The zero-order valence-corrected chi connectivity index (χ0v) is 15.8. The molecule has 0 saturated carbocycles. The number of nitro groups is 1. The molecule has 27 heavy (non-hydrogen) atoms. The van der Waals surface area contributed by atoms with Crippen molar-refractivity contribution in [2.75, 3.05) is 36.0 Å². The lowest BCUT2D eigenvalue weighted by Crippen LogP contribution is -2.47. The highest BCUT2D eigenvalue weighted by molar-refractivity contribution is 7.15. The molecule has 0 atom stereocenters. The minimum Gasteiger partial charge on any atom is -0.347 e. The zero-order chi connectivity index (χ0) is 19.1. The summed E-state index contributed by atoms with van der Waals surface area (Å²) in [5.41, 5.74) is 0.288. The van der Waals surface area contributed by atoms with Gasteiger partial charge in [0.15, 0.2) is 5.13 Å². The van der Waals surface area contributed by atoms with Gasteiger partial charge in [-0.05, 0) is 26.0 Å². The van der Waals surface area contributed by atoms with E-state index in [4.69, 9.17) is 0 Å². The van der Waals surface area contributed by atoms with Crippen LogP contribution in [0.2, 0.25) is 0 Å². The van der Waals surface area contributed by atoms with Gasteiger partial charge in [0.25, 0.3) is 0 Å². The Bertz CT molecular complexity index is 1060. The topological polar surface area (TPSA) is 96.9 Å². The fourth-order valence-electron chi connectivity index (χ4n) is 3.15. The van der Waals surface area contributed by atoms with Gasteiger partial charge in [0.2, 0.25) is 5.82 Å². The predicted molar refractivity (Wildman–Crippen MR) is 104 cm³/mol. The van der Waals surface area contributed by atoms with E-state index in [1.165, 1.54) is 15.5 Å². The average molecular weight is 386 g/mol. The van der Waals surface area contributed by atoms with E-state index < -0.39 is 16.2 Å². The van der Waals surface area contributed by atoms with Gasteiger partial charge in [-0.1, -0.05) is 6.07 Å². The van der Waals surface area contributed by atoms with Gasteiger partial charge >= 0.3 is 11.2 Å². The van der Waals surface area contributed by atoms with Crippen LogP contribution in [0.1, 0.15) is 10.6 Å². The van der Waals surface area contributed by atoms with Crippen LogP contribution in [0.15, 0.2) is 29.2 Å². The van der Waals surface area contributed by atoms with Gasteiger partial charge in [0, 0.05) is 37.3 Å². The van der Waals surface area contributed by atoms with E-state index in [0.29, 0.717) is 31.8 Å². The predicted octanol–water partition coefficient (Wildman–Crippen LogP) is 2.00. The van der Waals surface area contributed by atoms with Gasteiger partial charge in [-0.3, -0.25) is 19.3 Å². The maximum atomic E-state index is 12.6. The van der Waals surface area contributed by atoms with Crippen molar-refractivity contribution >= 4 is 33.6 Å². The Morgan fingerprint density at radius 1 is 1.11 bits per heavy atom. The summed E-state index contributed by atoms with van der Waals surface area (Å²) in [6.07, 6.45) is 1.49. The molecule has 1 fully saturated rings. The molecule has 9 nitrogen and oxygen atoms in total. The molecule has 0 unspecified atom stereocenters. The average Bonchev–Trinajstić information content (AvgIpc) is 3.00. The SMILES string of the molecule is Cc1nc(N2CCN(c3nc4ccccn4c(=O)c3[N+](=O)[O-])CC2)sc1C. The van der Waals surface area contributed by atoms with Gasteiger partial charge in [-0.25, -0.2) is 9.97 Å². The minimum atomic E-state index is -0.658. The lowest BCUT2D eigenvalue weighted by Gasteiger charge is -2.34. The first-order chi connectivity index (χ1) is 13.0. The quantitative estimate of drug-likeness (QED) is 0.502. The highest BCUT2D eigenvalue weighted by Crippen LogP contribution is 2.28. The molecule has 1 aliphatic heterocycles. The Labute approximate surface area is 158 Å². The number of aryl methyl sites for hydroxylation is 2. The molecule has 0 aliphatic carbocycles. The molecule has 10 heteroatoms. The van der Waals surface area contributed by atoms with Crippen LogP contribution in [0.3, 0.4) is 0 Å². The Balaban J connectivity index is 1.66. The molecule has 1 aliphatic rings. The van der Waals surface area contributed by atoms with Crippen LogP contribution in [0.5, 0.6) is 0 Å². The van der Waals surface area contributed by atoms with Crippen molar-refractivity contribution in [3.63, 3.8) is 0 Å². The van der Waals surface area contributed by atoms with Crippen molar-refractivity contribution in [1.82, 2.24) is 14.4 Å². The number of hydrogen-bond acceptors (Lipinski definition) is 8. The first-order valence-corrected chi connectivity index (χ1v) is 9.37. The highest BCUT2D eigenvalue weighted by atomic mass is 32.1. The van der Waals surface area contributed by atoms with Crippen molar-refractivity contribution < 1.29 is 4.92 Å². The van der Waals surface area contributed by atoms with Gasteiger partial charge < -0.3 is 9.80 Å². The summed E-state index contributed by atoms with van der Waals surface area (Å²) in [7, 11) is 0. The zero-order valence-electron chi connectivity index (χ0n) is 15.0. The summed E-state index contributed by atoms with van der Waals surface area (Å²) in [6.45, 7) is 6.44. The third-order valence-electron chi connectivity index (χ3n) is 4.74. The van der Waals surface area contributed by atoms with Gasteiger partial charge in [-0.2, -0.15) is 0 Å². The third-order valence-corrected chi connectivity index (χ3v) is 5.88. The monoisotopic (exact) mass is 386 g/mol. The van der Waals surface area contributed by atoms with Crippen molar-refractivity contribution in [3.05, 3.63) is 55.4 Å². The molecule has 0 aromatic carbocycles. The molecule has 140 valence electrons. The molecular weight excluding hydrogens is 368 g/mol. The molecule has 3 aromatic heterocycles. The van der Waals surface area contributed by atoms with Crippen molar-refractivity contribution in [1.29, 1.82) is 0 Å². The third kappa shape index (κ3) is 3.01. The van der Waals surface area contributed by atoms with E-state index in [0.717, 1.165) is 10.8 Å². The van der Waals surface area contributed by atoms with E-state index in [-0.39, 0.29) is 5.82 Å². The number of rotatable bonds is 3. The Morgan fingerprint density at radius 3 is 2.44 bits per heavy atom. The van der Waals surface area contributed by atoms with Crippen LogP contribution >= 0.6 is 11.3 Å². The maximum absolute atomic E-state index is 12.6. The standard InChI is InChI=1S/C17H18N6O3S/c1-11-12(2)27-17(18-11)21-9-7-20(8-10-21)15-14(23(25)26)16(24)22-6-4-3-5-13(22)19-15/h3-6H,7-10H2,1-2H3. The smallest absolute Gasteiger partial charge is 0.347 e. The van der Waals surface area contributed by atoms with E-state index >= 15 is 0 Å². The number of thiazole rings is 1. The van der Waals surface area contributed by atoms with Crippen molar-refractivity contribution in [2.24, 2.45) is 0 Å². The van der Waals surface area contributed by atoms with Crippen molar-refractivity contribution in [3.8, 4) is 0 Å². The van der Waals surface area contributed by atoms with Gasteiger partial charge in [0.05, 0.1) is 10.6 Å². The largest absolute Gasteiger partial charge is 0.376 e. The number of fused-ring (bicyclic) bond motifs is 1. The first-order valence-electron chi connectivity index (χ1n) is 8.55. The summed E-state index contributed by atoms with van der Waals surface area (Å²) in [5.74, 6) is 0.141. The second-order valence-corrected chi connectivity index (χ2v) is 7.57. The van der Waals surface area contributed by atoms with E-state index in [9.17, 15) is 14.9 Å². The Morgan fingerprint density at radius 2 is 1.81 bits per heavy atom. The summed E-state index contributed by atoms with van der Waals surface area (Å²) in [5, 5.41) is 12.5. The van der Waals surface area contributed by atoms with E-state index in [2.05, 4.69) is 14.9 Å². The fourth-order valence-corrected chi connectivity index (χ4v) is 4.11. The van der Waals surface area contributed by atoms with Crippen LogP contribution < -0.4 is 15.4 Å². The normalized spacial score (nSPS) is 14.7. The van der Waals surface area contributed by atoms with Crippen molar-refractivity contribution in [2.45, 2.75) is 13.8 Å². The lowest BCUT2D eigenvalue weighted by atomic mass is 10.3. The van der Waals surface area contributed by atoms with E-state index in [1.54, 1.807) is 29.5 Å². The first kappa shape index (κ1) is 17.4. The number of aromatic nitrogens is 3. The molecule has 0 amide bonds. The number of hydrogen-bond donors (Lipinski definition) is 0. The second-order valence-electron chi connectivity index (χ2n) is 6.39. The molecular formula is C17H18N6O3S. The number of nitrogens with zero attached hydrogens (tertiary/aromatic N) is 6. The van der Waals surface area contributed by atoms with Gasteiger partial charge in [-0.15, -0.1) is 11.3 Å². The van der Waals surface area contributed by atoms with Crippen LogP contribution in [0.25, 0.3) is 5.65 Å². The number of piperazine rings is 1. The van der Waals surface area contributed by atoms with E-state index in [1.807, 2.05) is 18.7 Å². The molecule has 0 radical (unpaired) electrons. The summed E-state index contributed by atoms with van der Waals surface area (Å²) in [6, 6.07) is 5.07. The number of pyridine rings is 1. The highest BCUT2D eigenvalue weighted by Gasteiger charge is 2.30. The molecule has 0 spiro atoms. The molecule has 4 heterocycles. The lowest BCUT2D eigenvalue weighted by molar-refractivity contribution is -0.385. The maximum Gasteiger partial charge on any atom is 0.376 e. The molecule has 1 saturated heterocycles. The van der Waals surface area contributed by atoms with Crippen LogP contribution in [-0.2, 0) is 0 Å².